The minimum atomic E-state index is -2.72. The zero-order valence-electron chi connectivity index (χ0n) is 22.3. The van der Waals surface area contributed by atoms with E-state index in [0.717, 1.165) is 41.7 Å². The highest BCUT2D eigenvalue weighted by atomic mass is 32.2. The van der Waals surface area contributed by atoms with E-state index in [1.54, 1.807) is 6.26 Å². The van der Waals surface area contributed by atoms with Crippen LogP contribution in [0.25, 0.3) is 11.3 Å². The standard InChI is InChI=1S/C17H22N2O2S.C11H14F2N2O/c1-17(2,3)16-18-15(12-21-16)13-4-6-14(7-5-13)19-8-10-22(20)11-9-19;12-11(13)3-1-2-8(6-11)9(16)15-10(7-14)4-5-10/h4-7,12H,8-11H2,1-3H3;8H,1-6H2,(H,15,16). The van der Waals surface area contributed by atoms with Crippen LogP contribution in [-0.2, 0) is 21.0 Å². The molecule has 10 heteroatoms. The zero-order chi connectivity index (χ0) is 27.6. The molecule has 1 saturated heterocycles. The van der Waals surface area contributed by atoms with Gasteiger partial charge in [-0.25, -0.2) is 13.8 Å². The van der Waals surface area contributed by atoms with E-state index in [9.17, 15) is 17.8 Å². The maximum Gasteiger partial charge on any atom is 0.248 e. The van der Waals surface area contributed by atoms with E-state index in [4.69, 9.17) is 9.68 Å². The van der Waals surface area contributed by atoms with Crippen LogP contribution in [0.3, 0.4) is 0 Å². The van der Waals surface area contributed by atoms with Gasteiger partial charge in [-0.15, -0.1) is 0 Å². The molecule has 1 N–H and O–H groups in total. The fourth-order valence-electron chi connectivity index (χ4n) is 4.61. The van der Waals surface area contributed by atoms with Crippen LogP contribution in [-0.4, -0.2) is 51.2 Å². The van der Waals surface area contributed by atoms with Crippen molar-refractivity contribution >= 4 is 22.4 Å². The van der Waals surface area contributed by atoms with Gasteiger partial charge in [0.2, 0.25) is 11.8 Å². The van der Waals surface area contributed by atoms with Crippen LogP contribution in [0.5, 0.6) is 0 Å². The number of carbonyl (C=O) groups is 1. The van der Waals surface area contributed by atoms with Crippen molar-refractivity contribution < 1.29 is 22.2 Å². The largest absolute Gasteiger partial charge is 0.448 e. The summed E-state index contributed by atoms with van der Waals surface area (Å²) in [7, 11) is -0.639. The Labute approximate surface area is 225 Å². The molecule has 2 saturated carbocycles. The summed E-state index contributed by atoms with van der Waals surface area (Å²) in [6, 6.07) is 10.4. The number of hydrogen-bond donors (Lipinski definition) is 1. The van der Waals surface area contributed by atoms with Crippen LogP contribution >= 0.6 is 0 Å². The lowest BCUT2D eigenvalue weighted by molar-refractivity contribution is -0.132. The first-order valence-corrected chi connectivity index (χ1v) is 14.7. The molecule has 1 atom stereocenters. The lowest BCUT2D eigenvalue weighted by Gasteiger charge is -2.28. The number of hydrogen-bond acceptors (Lipinski definition) is 6. The van der Waals surface area contributed by atoms with Gasteiger partial charge in [0.05, 0.1) is 6.07 Å². The summed E-state index contributed by atoms with van der Waals surface area (Å²) in [5.41, 5.74) is 2.28. The molecule has 0 spiro atoms. The van der Waals surface area contributed by atoms with Crippen LogP contribution in [0.15, 0.2) is 34.9 Å². The quantitative estimate of drug-likeness (QED) is 0.567. The van der Waals surface area contributed by atoms with Gasteiger partial charge in [0.1, 0.15) is 17.5 Å². The highest BCUT2D eigenvalue weighted by molar-refractivity contribution is 7.85. The number of carbonyl (C=O) groups excluding carboxylic acids is 1. The number of halogens is 2. The van der Waals surface area contributed by atoms with Crippen LogP contribution in [0, 0.1) is 17.2 Å². The van der Waals surface area contributed by atoms with Crippen molar-refractivity contribution in [3.05, 3.63) is 36.4 Å². The van der Waals surface area contributed by atoms with Crippen molar-refractivity contribution in [3.8, 4) is 17.3 Å². The topological polar surface area (TPSA) is 99.2 Å². The first-order valence-electron chi connectivity index (χ1n) is 13.2. The second kappa shape index (κ2) is 11.1. The number of oxazole rings is 1. The van der Waals surface area contributed by atoms with Gasteiger partial charge in [0.15, 0.2) is 5.89 Å². The Morgan fingerprint density at radius 3 is 2.37 bits per heavy atom. The molecule has 3 aliphatic rings. The molecule has 5 rings (SSSR count). The number of aromatic nitrogens is 1. The molecule has 1 aromatic heterocycles. The molecule has 38 heavy (non-hydrogen) atoms. The molecule has 206 valence electrons. The number of alkyl halides is 2. The van der Waals surface area contributed by atoms with Crippen LogP contribution < -0.4 is 10.2 Å². The molecule has 1 aromatic carbocycles. The van der Waals surface area contributed by atoms with E-state index in [-0.39, 0.29) is 24.2 Å². The molecular formula is C28H36F2N4O3S. The third-order valence-electron chi connectivity index (χ3n) is 7.19. The SMILES string of the molecule is CC(C)(C)c1nc(-c2ccc(N3CCS(=O)CC3)cc2)co1.N#CC1(NC(=O)C2CCCC(F)(F)C2)CC1. The predicted octanol–water partition coefficient (Wildman–Crippen LogP) is 5.19. The summed E-state index contributed by atoms with van der Waals surface area (Å²) in [4.78, 5) is 18.6. The molecule has 1 unspecified atom stereocenters. The Balaban J connectivity index is 0.000000186. The molecular weight excluding hydrogens is 510 g/mol. The lowest BCUT2D eigenvalue weighted by Crippen LogP contribution is -2.43. The average molecular weight is 547 g/mol. The molecule has 2 heterocycles. The Bertz CT molecular complexity index is 1190. The van der Waals surface area contributed by atoms with Gasteiger partial charge in [0, 0.05) is 70.8 Å². The molecule has 2 aromatic rings. The van der Waals surface area contributed by atoms with Crippen molar-refractivity contribution in [2.75, 3.05) is 29.5 Å². The van der Waals surface area contributed by atoms with E-state index < -0.39 is 28.2 Å². The smallest absolute Gasteiger partial charge is 0.248 e. The van der Waals surface area contributed by atoms with Gasteiger partial charge in [-0.2, -0.15) is 5.26 Å². The predicted molar refractivity (Wildman–Crippen MR) is 143 cm³/mol. The summed E-state index contributed by atoms with van der Waals surface area (Å²) in [6.45, 7) is 8.00. The number of anilines is 1. The third kappa shape index (κ3) is 7.19. The first kappa shape index (κ1) is 28.2. The third-order valence-corrected chi connectivity index (χ3v) is 8.47. The lowest BCUT2D eigenvalue weighted by atomic mass is 9.86. The number of amides is 1. The van der Waals surface area contributed by atoms with Crippen LogP contribution in [0.1, 0.15) is 65.2 Å². The molecule has 1 amide bonds. The fourth-order valence-corrected chi connectivity index (χ4v) is 5.67. The second-order valence-corrected chi connectivity index (χ2v) is 13.2. The number of nitriles is 1. The Hall–Kier alpha value is -2.80. The summed E-state index contributed by atoms with van der Waals surface area (Å²) in [5, 5.41) is 11.4. The summed E-state index contributed by atoms with van der Waals surface area (Å²) < 4.78 is 43.2. The monoisotopic (exact) mass is 546 g/mol. The highest BCUT2D eigenvalue weighted by Crippen LogP contribution is 2.39. The van der Waals surface area contributed by atoms with E-state index in [0.29, 0.717) is 25.7 Å². The highest BCUT2D eigenvalue weighted by Gasteiger charge is 2.47. The van der Waals surface area contributed by atoms with Crippen molar-refractivity contribution in [1.82, 2.24) is 10.3 Å². The molecule has 0 bridgehead atoms. The average Bonchev–Trinajstić information content (AvgIpc) is 3.45. The van der Waals surface area contributed by atoms with Gasteiger partial charge >= 0.3 is 0 Å². The van der Waals surface area contributed by atoms with E-state index >= 15 is 0 Å². The molecule has 1 aliphatic heterocycles. The Morgan fingerprint density at radius 2 is 1.84 bits per heavy atom. The van der Waals surface area contributed by atoms with Crippen molar-refractivity contribution in [2.45, 2.75) is 76.2 Å². The molecule has 3 fully saturated rings. The minimum Gasteiger partial charge on any atom is -0.448 e. The first-order chi connectivity index (χ1) is 17.9. The Kier molecular flexibility index (Phi) is 8.26. The molecule has 0 radical (unpaired) electrons. The zero-order valence-corrected chi connectivity index (χ0v) is 23.1. The number of nitrogens with zero attached hydrogens (tertiary/aromatic N) is 3. The van der Waals surface area contributed by atoms with Crippen molar-refractivity contribution in [3.63, 3.8) is 0 Å². The van der Waals surface area contributed by atoms with Crippen LogP contribution in [0.4, 0.5) is 14.5 Å². The molecule has 7 nitrogen and oxygen atoms in total. The second-order valence-electron chi connectivity index (χ2n) is 11.5. The van der Waals surface area contributed by atoms with Crippen molar-refractivity contribution in [1.29, 1.82) is 5.26 Å². The minimum absolute atomic E-state index is 0.0817. The van der Waals surface area contributed by atoms with Gasteiger partial charge in [-0.1, -0.05) is 32.9 Å². The summed E-state index contributed by atoms with van der Waals surface area (Å²) in [6.07, 6.45) is 3.38. The number of benzene rings is 1. The van der Waals surface area contributed by atoms with Gasteiger partial charge in [0.25, 0.3) is 0 Å². The van der Waals surface area contributed by atoms with E-state index in [1.165, 1.54) is 5.69 Å². The van der Waals surface area contributed by atoms with Gasteiger partial charge in [-0.3, -0.25) is 9.00 Å². The maximum absolute atomic E-state index is 13.1. The summed E-state index contributed by atoms with van der Waals surface area (Å²) >= 11 is 0. The molecule has 2 aliphatic carbocycles. The van der Waals surface area contributed by atoms with Crippen LogP contribution in [0.2, 0.25) is 0 Å². The Morgan fingerprint density at radius 1 is 1.18 bits per heavy atom. The van der Waals surface area contributed by atoms with Crippen molar-refractivity contribution in [2.24, 2.45) is 5.92 Å². The summed E-state index contributed by atoms with van der Waals surface area (Å²) in [5.74, 6) is -1.44. The van der Waals surface area contributed by atoms with E-state index in [1.807, 2.05) is 6.07 Å². The normalized spacial score (nSPS) is 22.5. The van der Waals surface area contributed by atoms with E-state index in [2.05, 4.69) is 60.2 Å². The van der Waals surface area contributed by atoms with Gasteiger partial charge in [-0.05, 0) is 37.8 Å². The van der Waals surface area contributed by atoms with Gasteiger partial charge < -0.3 is 14.6 Å². The number of rotatable bonds is 4. The number of nitrogens with one attached hydrogen (secondary N) is 1. The fraction of sp³-hybridized carbons (Fsp3) is 0.607. The maximum atomic E-state index is 13.1.